The first-order valence-corrected chi connectivity index (χ1v) is 9.16. The predicted molar refractivity (Wildman–Crippen MR) is 96.1 cm³/mol. The third-order valence-corrected chi connectivity index (χ3v) is 5.95. The van der Waals surface area contributed by atoms with Gasteiger partial charge in [-0.15, -0.1) is 0 Å². The third-order valence-electron chi connectivity index (χ3n) is 3.33. The Morgan fingerprint density at radius 1 is 1.19 bits per heavy atom. The Morgan fingerprint density at radius 3 is 2.46 bits per heavy atom. The van der Waals surface area contributed by atoms with Gasteiger partial charge < -0.3 is 4.74 Å². The molecule has 138 valence electrons. The SMILES string of the molecule is COC(=O)CN(c1cccc(Cl)c1Cl)S(=O)(=O)c1ccccc1[N+](=O)[O-]. The number of sulfonamides is 1. The van der Waals surface area contributed by atoms with E-state index in [0.717, 1.165) is 19.2 Å². The number of carbonyl (C=O) groups is 1. The van der Waals surface area contributed by atoms with Crippen LogP contribution in [0.15, 0.2) is 47.4 Å². The molecule has 0 aliphatic carbocycles. The van der Waals surface area contributed by atoms with Gasteiger partial charge in [0.25, 0.3) is 15.7 Å². The summed E-state index contributed by atoms with van der Waals surface area (Å²) in [5.41, 5.74) is -0.747. The molecule has 0 unspecified atom stereocenters. The number of anilines is 1. The maximum absolute atomic E-state index is 13.1. The second-order valence-corrected chi connectivity index (χ2v) is 7.50. The van der Waals surface area contributed by atoms with E-state index in [4.69, 9.17) is 23.2 Å². The molecule has 0 aliphatic rings. The highest BCUT2D eigenvalue weighted by Gasteiger charge is 2.34. The van der Waals surface area contributed by atoms with E-state index in [9.17, 15) is 23.3 Å². The molecule has 0 heterocycles. The van der Waals surface area contributed by atoms with Gasteiger partial charge in [-0.2, -0.15) is 0 Å². The van der Waals surface area contributed by atoms with E-state index in [1.54, 1.807) is 0 Å². The van der Waals surface area contributed by atoms with Crippen molar-refractivity contribution in [3.05, 3.63) is 62.6 Å². The van der Waals surface area contributed by atoms with Crippen LogP contribution in [0.4, 0.5) is 11.4 Å². The zero-order chi connectivity index (χ0) is 19.5. The number of hydrogen-bond donors (Lipinski definition) is 0. The number of hydrogen-bond acceptors (Lipinski definition) is 6. The van der Waals surface area contributed by atoms with Crippen LogP contribution in [0.2, 0.25) is 10.0 Å². The molecular formula is C15H12Cl2N2O6S. The van der Waals surface area contributed by atoms with Crippen molar-refractivity contribution in [2.75, 3.05) is 18.0 Å². The van der Waals surface area contributed by atoms with Crippen molar-refractivity contribution < 1.29 is 22.9 Å². The van der Waals surface area contributed by atoms with E-state index >= 15 is 0 Å². The Bertz CT molecular complexity index is 964. The van der Waals surface area contributed by atoms with Gasteiger partial charge in [0.2, 0.25) is 0 Å². The summed E-state index contributed by atoms with van der Waals surface area (Å²) in [6.07, 6.45) is 0. The highest BCUT2D eigenvalue weighted by molar-refractivity contribution is 7.93. The van der Waals surface area contributed by atoms with Gasteiger partial charge in [0, 0.05) is 6.07 Å². The largest absolute Gasteiger partial charge is 0.468 e. The van der Waals surface area contributed by atoms with E-state index in [-0.39, 0.29) is 15.7 Å². The molecule has 0 spiro atoms. The number of nitro benzene ring substituents is 1. The molecule has 0 saturated heterocycles. The molecule has 0 fully saturated rings. The Balaban J connectivity index is 2.71. The van der Waals surface area contributed by atoms with Gasteiger partial charge in [-0.3, -0.25) is 19.2 Å². The van der Waals surface area contributed by atoms with E-state index in [0.29, 0.717) is 4.31 Å². The van der Waals surface area contributed by atoms with Crippen molar-refractivity contribution in [3.8, 4) is 0 Å². The topological polar surface area (TPSA) is 107 Å². The number of rotatable bonds is 6. The smallest absolute Gasteiger partial charge is 0.326 e. The van der Waals surface area contributed by atoms with Crippen LogP contribution in [0.1, 0.15) is 0 Å². The lowest BCUT2D eigenvalue weighted by Crippen LogP contribution is -2.36. The Labute approximate surface area is 159 Å². The van der Waals surface area contributed by atoms with Crippen molar-refractivity contribution >= 4 is 50.6 Å². The monoisotopic (exact) mass is 418 g/mol. The van der Waals surface area contributed by atoms with Crippen LogP contribution in [-0.2, 0) is 19.6 Å². The highest BCUT2D eigenvalue weighted by atomic mass is 35.5. The minimum Gasteiger partial charge on any atom is -0.468 e. The Morgan fingerprint density at radius 2 is 1.85 bits per heavy atom. The van der Waals surface area contributed by atoms with Crippen molar-refractivity contribution in [1.29, 1.82) is 0 Å². The first-order valence-electron chi connectivity index (χ1n) is 6.97. The second-order valence-electron chi connectivity index (χ2n) is 4.89. The fourth-order valence-corrected chi connectivity index (χ4v) is 4.14. The molecule has 0 radical (unpaired) electrons. The molecule has 0 aromatic heterocycles. The maximum Gasteiger partial charge on any atom is 0.326 e. The first kappa shape index (κ1) is 20.0. The third kappa shape index (κ3) is 3.90. The van der Waals surface area contributed by atoms with E-state index in [2.05, 4.69) is 4.74 Å². The molecule has 2 aromatic rings. The molecule has 0 N–H and O–H groups in total. The Hall–Kier alpha value is -2.36. The molecule has 2 rings (SSSR count). The number of methoxy groups -OCH3 is 1. The van der Waals surface area contributed by atoms with Crippen molar-refractivity contribution in [3.63, 3.8) is 0 Å². The van der Waals surface area contributed by atoms with Crippen molar-refractivity contribution in [2.45, 2.75) is 4.90 Å². The Kier molecular flexibility index (Phi) is 6.06. The fourth-order valence-electron chi connectivity index (χ4n) is 2.11. The number of nitro groups is 1. The standard InChI is InChI=1S/C15H12Cl2N2O6S/c1-25-14(20)9-18(12-7-4-5-10(16)15(12)17)26(23,24)13-8-3-2-6-11(13)19(21)22/h2-8H,9H2,1H3. The van der Waals surface area contributed by atoms with E-state index < -0.39 is 38.0 Å². The predicted octanol–water partition coefficient (Wildman–Crippen LogP) is 3.27. The summed E-state index contributed by atoms with van der Waals surface area (Å²) in [4.78, 5) is 21.5. The number of ether oxygens (including phenoxy) is 1. The van der Waals surface area contributed by atoms with Gasteiger partial charge in [-0.05, 0) is 18.2 Å². The number of esters is 1. The van der Waals surface area contributed by atoms with Crippen LogP contribution in [0.3, 0.4) is 0 Å². The average Bonchev–Trinajstić information content (AvgIpc) is 2.62. The van der Waals surface area contributed by atoms with Gasteiger partial charge in [0.05, 0.1) is 27.8 Å². The van der Waals surface area contributed by atoms with Gasteiger partial charge in [0.1, 0.15) is 6.54 Å². The zero-order valence-corrected chi connectivity index (χ0v) is 15.6. The van der Waals surface area contributed by atoms with Crippen LogP contribution < -0.4 is 4.31 Å². The molecule has 0 amide bonds. The van der Waals surface area contributed by atoms with Gasteiger partial charge in [-0.25, -0.2) is 8.42 Å². The lowest BCUT2D eigenvalue weighted by Gasteiger charge is -2.24. The summed E-state index contributed by atoms with van der Waals surface area (Å²) in [5, 5.41) is 11.1. The number of nitrogens with zero attached hydrogens (tertiary/aromatic N) is 2. The summed E-state index contributed by atoms with van der Waals surface area (Å²) in [7, 11) is -3.45. The van der Waals surface area contributed by atoms with Crippen LogP contribution in [0.5, 0.6) is 0 Å². The van der Waals surface area contributed by atoms with Crippen LogP contribution in [-0.4, -0.2) is 33.0 Å². The van der Waals surface area contributed by atoms with E-state index in [1.165, 1.54) is 30.3 Å². The zero-order valence-electron chi connectivity index (χ0n) is 13.3. The molecule has 0 atom stereocenters. The number of halogens is 2. The summed E-state index contributed by atoms with van der Waals surface area (Å²) in [6, 6.07) is 8.95. The maximum atomic E-state index is 13.1. The molecule has 0 bridgehead atoms. The lowest BCUT2D eigenvalue weighted by atomic mass is 10.3. The molecule has 2 aromatic carbocycles. The van der Waals surface area contributed by atoms with Gasteiger partial charge in [0.15, 0.2) is 4.90 Å². The minimum absolute atomic E-state index is 0.0526. The van der Waals surface area contributed by atoms with Gasteiger partial charge in [-0.1, -0.05) is 41.4 Å². The molecule has 26 heavy (non-hydrogen) atoms. The lowest BCUT2D eigenvalue weighted by molar-refractivity contribution is -0.387. The molecule has 0 aliphatic heterocycles. The van der Waals surface area contributed by atoms with Gasteiger partial charge >= 0.3 is 5.97 Å². The van der Waals surface area contributed by atoms with Crippen LogP contribution in [0.25, 0.3) is 0 Å². The quantitative estimate of drug-likeness (QED) is 0.404. The normalized spacial score (nSPS) is 11.0. The van der Waals surface area contributed by atoms with E-state index in [1.807, 2.05) is 0 Å². The average molecular weight is 419 g/mol. The van der Waals surface area contributed by atoms with Crippen molar-refractivity contribution in [1.82, 2.24) is 0 Å². The summed E-state index contributed by atoms with van der Waals surface area (Å²) >= 11 is 12.0. The first-order chi connectivity index (χ1) is 12.2. The van der Waals surface area contributed by atoms with Crippen LogP contribution >= 0.6 is 23.2 Å². The number of carbonyl (C=O) groups excluding carboxylic acids is 1. The number of benzene rings is 2. The summed E-state index contributed by atoms with van der Waals surface area (Å²) < 4.78 is 31.3. The molecular weight excluding hydrogens is 407 g/mol. The summed E-state index contributed by atoms with van der Waals surface area (Å²) in [5.74, 6) is -0.886. The summed E-state index contributed by atoms with van der Waals surface area (Å²) in [6.45, 7) is -0.745. The molecule has 8 nitrogen and oxygen atoms in total. The highest BCUT2D eigenvalue weighted by Crippen LogP contribution is 2.36. The fraction of sp³-hybridized carbons (Fsp3) is 0.133. The second kappa shape index (κ2) is 7.90. The van der Waals surface area contributed by atoms with Crippen molar-refractivity contribution in [2.24, 2.45) is 0 Å². The minimum atomic E-state index is -4.53. The van der Waals surface area contributed by atoms with Crippen LogP contribution in [0, 0.1) is 10.1 Å². The molecule has 11 heteroatoms. The molecule has 0 saturated carbocycles. The number of para-hydroxylation sites is 1.